The summed E-state index contributed by atoms with van der Waals surface area (Å²) >= 11 is 0. The van der Waals surface area contributed by atoms with Crippen molar-refractivity contribution < 1.29 is 0 Å². The Labute approximate surface area is 114 Å². The van der Waals surface area contributed by atoms with Crippen molar-refractivity contribution in [3.05, 3.63) is 16.8 Å². The molecule has 102 valence electrons. The molecule has 0 spiro atoms. The van der Waals surface area contributed by atoms with Gasteiger partial charge in [0.05, 0.1) is 5.69 Å². The molecule has 2 rings (SSSR count). The second-order valence-corrected chi connectivity index (χ2v) is 5.24. The van der Waals surface area contributed by atoms with Gasteiger partial charge in [-0.15, -0.1) is 5.10 Å². The molecule has 1 aromatic rings. The zero-order valence-electron chi connectivity index (χ0n) is 11.7. The molecule has 0 aromatic carbocycles. The quantitative estimate of drug-likeness (QED) is 0.841. The third-order valence-electron chi connectivity index (χ3n) is 3.92. The molecule has 0 unspecified atom stereocenters. The van der Waals surface area contributed by atoms with Gasteiger partial charge in [0.1, 0.15) is 11.6 Å². The molecule has 0 aliphatic heterocycles. The average Bonchev–Trinajstić information content (AvgIpc) is 2.41. The lowest BCUT2D eigenvalue weighted by Crippen LogP contribution is -2.52. The topological polar surface area (TPSA) is 87.6 Å². The molecule has 1 aromatic heterocycles. The second kappa shape index (κ2) is 5.54. The Balaban J connectivity index is 2.23. The van der Waals surface area contributed by atoms with Gasteiger partial charge in [-0.2, -0.15) is 10.4 Å². The molecular formula is C14H21N5. The highest BCUT2D eigenvalue weighted by molar-refractivity contribution is 5.56. The fraction of sp³-hybridized carbons (Fsp3) is 0.643. The first-order valence-corrected chi connectivity index (χ1v) is 6.95. The number of hydrogen-bond acceptors (Lipinski definition) is 5. The lowest BCUT2D eigenvalue weighted by molar-refractivity contribution is 0.265. The Morgan fingerprint density at radius 2 is 2.05 bits per heavy atom. The number of aromatic nitrogens is 2. The van der Waals surface area contributed by atoms with Crippen LogP contribution in [0.1, 0.15) is 49.9 Å². The van der Waals surface area contributed by atoms with Gasteiger partial charge in [0.2, 0.25) is 0 Å². The first-order valence-electron chi connectivity index (χ1n) is 6.95. The first-order chi connectivity index (χ1) is 9.13. The summed E-state index contributed by atoms with van der Waals surface area (Å²) in [4.78, 5) is 0. The van der Waals surface area contributed by atoms with Crippen molar-refractivity contribution in [2.75, 3.05) is 11.9 Å². The number of nitrogens with two attached hydrogens (primary N) is 1. The summed E-state index contributed by atoms with van der Waals surface area (Å²) in [6, 6.07) is 2.26. The number of anilines is 1. The number of nitrogens with one attached hydrogen (secondary N) is 1. The van der Waals surface area contributed by atoms with Crippen LogP contribution in [-0.2, 0) is 12.8 Å². The van der Waals surface area contributed by atoms with E-state index in [-0.39, 0.29) is 5.54 Å². The zero-order valence-corrected chi connectivity index (χ0v) is 11.7. The normalized spacial score (nSPS) is 16.5. The molecular weight excluding hydrogens is 238 g/mol. The highest BCUT2D eigenvalue weighted by Crippen LogP contribution is 2.29. The predicted molar refractivity (Wildman–Crippen MR) is 74.8 cm³/mol. The van der Waals surface area contributed by atoms with E-state index in [1.807, 2.05) is 13.8 Å². The summed E-state index contributed by atoms with van der Waals surface area (Å²) in [6.07, 6.45) is 4.84. The van der Waals surface area contributed by atoms with Gasteiger partial charge in [0.15, 0.2) is 5.82 Å². The molecule has 1 heterocycles. The van der Waals surface area contributed by atoms with Gasteiger partial charge < -0.3 is 11.1 Å². The minimum atomic E-state index is -0.135. The Morgan fingerprint density at radius 3 is 2.53 bits per heavy atom. The molecule has 3 N–H and O–H groups in total. The Morgan fingerprint density at radius 1 is 1.32 bits per heavy atom. The van der Waals surface area contributed by atoms with E-state index < -0.39 is 0 Å². The average molecular weight is 259 g/mol. The SMILES string of the molecule is CCc1nnc(NCC2(N)CCC2)c(C#N)c1CC. The molecule has 5 heteroatoms. The van der Waals surface area contributed by atoms with Crippen molar-refractivity contribution in [2.24, 2.45) is 5.73 Å². The van der Waals surface area contributed by atoms with Gasteiger partial charge in [0, 0.05) is 12.1 Å². The molecule has 0 bridgehead atoms. The number of rotatable bonds is 5. The Bertz CT molecular complexity index is 499. The van der Waals surface area contributed by atoms with Gasteiger partial charge in [-0.3, -0.25) is 0 Å². The summed E-state index contributed by atoms with van der Waals surface area (Å²) in [7, 11) is 0. The van der Waals surface area contributed by atoms with Gasteiger partial charge in [0.25, 0.3) is 0 Å². The first kappa shape index (κ1) is 13.8. The van der Waals surface area contributed by atoms with Crippen LogP contribution in [0.15, 0.2) is 0 Å². The minimum absolute atomic E-state index is 0.135. The van der Waals surface area contributed by atoms with E-state index in [9.17, 15) is 5.26 Å². The van der Waals surface area contributed by atoms with E-state index in [1.165, 1.54) is 6.42 Å². The highest BCUT2D eigenvalue weighted by Gasteiger charge is 2.32. The minimum Gasteiger partial charge on any atom is -0.366 e. The van der Waals surface area contributed by atoms with E-state index in [1.54, 1.807) is 0 Å². The standard InChI is InChI=1S/C14H21N5/c1-3-10-11(8-15)13(19-18-12(10)4-2)17-9-14(16)6-5-7-14/h3-7,9,16H2,1-2H3,(H,17,19). The summed E-state index contributed by atoms with van der Waals surface area (Å²) in [6.45, 7) is 4.73. The van der Waals surface area contributed by atoms with Crippen LogP contribution in [0.2, 0.25) is 0 Å². The van der Waals surface area contributed by atoms with Crippen molar-refractivity contribution in [1.29, 1.82) is 5.26 Å². The lowest BCUT2D eigenvalue weighted by atomic mass is 9.78. The van der Waals surface area contributed by atoms with Gasteiger partial charge in [-0.1, -0.05) is 13.8 Å². The van der Waals surface area contributed by atoms with Gasteiger partial charge in [-0.25, -0.2) is 0 Å². The van der Waals surface area contributed by atoms with Crippen molar-refractivity contribution >= 4 is 5.82 Å². The van der Waals surface area contributed by atoms with Crippen LogP contribution in [-0.4, -0.2) is 22.3 Å². The van der Waals surface area contributed by atoms with E-state index >= 15 is 0 Å². The van der Waals surface area contributed by atoms with E-state index in [0.717, 1.165) is 36.9 Å². The number of hydrogen-bond donors (Lipinski definition) is 2. The van der Waals surface area contributed by atoms with E-state index in [4.69, 9.17) is 5.73 Å². The number of nitrogens with zero attached hydrogens (tertiary/aromatic N) is 3. The zero-order chi connectivity index (χ0) is 13.9. The molecule has 1 fully saturated rings. The smallest absolute Gasteiger partial charge is 0.167 e. The molecule has 5 nitrogen and oxygen atoms in total. The van der Waals surface area contributed by atoms with Crippen LogP contribution in [0.25, 0.3) is 0 Å². The van der Waals surface area contributed by atoms with Crippen molar-refractivity contribution in [1.82, 2.24) is 10.2 Å². The number of aryl methyl sites for hydroxylation is 1. The summed E-state index contributed by atoms with van der Waals surface area (Å²) < 4.78 is 0. The lowest BCUT2D eigenvalue weighted by Gasteiger charge is -2.38. The third kappa shape index (κ3) is 2.69. The van der Waals surface area contributed by atoms with E-state index in [2.05, 4.69) is 21.6 Å². The summed E-state index contributed by atoms with van der Waals surface area (Å²) in [5, 5.41) is 20.9. The van der Waals surface area contributed by atoms with Crippen LogP contribution in [0.3, 0.4) is 0 Å². The van der Waals surface area contributed by atoms with Crippen molar-refractivity contribution in [3.8, 4) is 6.07 Å². The second-order valence-electron chi connectivity index (χ2n) is 5.24. The predicted octanol–water partition coefficient (Wildman–Crippen LogP) is 1.77. The largest absolute Gasteiger partial charge is 0.366 e. The summed E-state index contributed by atoms with van der Waals surface area (Å²) in [5.74, 6) is 0.577. The molecule has 1 aliphatic carbocycles. The Kier molecular flexibility index (Phi) is 4.01. The van der Waals surface area contributed by atoms with Crippen LogP contribution in [0.5, 0.6) is 0 Å². The van der Waals surface area contributed by atoms with Crippen molar-refractivity contribution in [2.45, 2.75) is 51.5 Å². The van der Waals surface area contributed by atoms with Crippen molar-refractivity contribution in [3.63, 3.8) is 0 Å². The maximum atomic E-state index is 9.36. The molecule has 0 amide bonds. The van der Waals surface area contributed by atoms with Crippen LogP contribution in [0, 0.1) is 11.3 Å². The molecule has 0 saturated heterocycles. The van der Waals surface area contributed by atoms with E-state index in [0.29, 0.717) is 17.9 Å². The number of nitriles is 1. The van der Waals surface area contributed by atoms with Crippen LogP contribution in [0.4, 0.5) is 5.82 Å². The Hall–Kier alpha value is -1.67. The highest BCUT2D eigenvalue weighted by atomic mass is 15.2. The van der Waals surface area contributed by atoms with Crippen LogP contribution < -0.4 is 11.1 Å². The molecule has 0 atom stereocenters. The van der Waals surface area contributed by atoms with Gasteiger partial charge >= 0.3 is 0 Å². The van der Waals surface area contributed by atoms with Crippen LogP contribution >= 0.6 is 0 Å². The molecule has 1 aliphatic rings. The molecule has 0 radical (unpaired) electrons. The summed E-state index contributed by atoms with van der Waals surface area (Å²) in [5.41, 5.74) is 8.58. The molecule has 19 heavy (non-hydrogen) atoms. The third-order valence-corrected chi connectivity index (χ3v) is 3.92. The maximum absolute atomic E-state index is 9.36. The monoisotopic (exact) mass is 259 g/mol. The van der Waals surface area contributed by atoms with Gasteiger partial charge in [-0.05, 0) is 37.7 Å². The molecule has 1 saturated carbocycles. The maximum Gasteiger partial charge on any atom is 0.167 e. The fourth-order valence-electron chi connectivity index (χ4n) is 2.48. The fourth-order valence-corrected chi connectivity index (χ4v) is 2.48.